The Bertz CT molecular complexity index is 616. The van der Waals surface area contributed by atoms with Gasteiger partial charge in [-0.1, -0.05) is 11.8 Å². The maximum atomic E-state index is 11.6. The van der Waals surface area contributed by atoms with Crippen molar-refractivity contribution in [1.82, 2.24) is 9.97 Å². The average molecular weight is 293 g/mol. The van der Waals surface area contributed by atoms with Crippen LogP contribution in [0.25, 0.3) is 11.0 Å². The number of nitrogens with two attached hydrogens (primary N) is 1. The third-order valence-electron chi connectivity index (χ3n) is 2.45. The first-order valence-corrected chi connectivity index (χ1v) is 7.42. The van der Waals surface area contributed by atoms with Crippen LogP contribution in [-0.2, 0) is 9.53 Å². The molecule has 0 aliphatic heterocycles. The fourth-order valence-corrected chi connectivity index (χ4v) is 2.50. The fraction of sp³-hybridized carbons (Fsp3) is 0.429. The number of H-pyrrole nitrogens is 1. The number of carbonyl (C=O) groups excluding carboxylic acids is 1. The molecule has 0 aliphatic rings. The molecule has 20 heavy (non-hydrogen) atoms. The summed E-state index contributed by atoms with van der Waals surface area (Å²) in [7, 11) is 0. The van der Waals surface area contributed by atoms with Gasteiger partial charge in [-0.05, 0) is 39.0 Å². The molecule has 1 aromatic carbocycles. The topological polar surface area (TPSA) is 81.0 Å². The van der Waals surface area contributed by atoms with Crippen LogP contribution in [0.4, 0.5) is 5.69 Å². The molecule has 2 aromatic rings. The summed E-state index contributed by atoms with van der Waals surface area (Å²) in [6.45, 7) is 5.59. The molecule has 0 unspecified atom stereocenters. The molecule has 0 saturated heterocycles. The third kappa shape index (κ3) is 4.16. The molecule has 6 heteroatoms. The van der Waals surface area contributed by atoms with Crippen LogP contribution in [0.1, 0.15) is 27.2 Å². The van der Waals surface area contributed by atoms with Gasteiger partial charge in [0.15, 0.2) is 5.16 Å². The summed E-state index contributed by atoms with van der Waals surface area (Å²) in [4.78, 5) is 19.2. The van der Waals surface area contributed by atoms with E-state index in [0.29, 0.717) is 17.9 Å². The Morgan fingerprint density at radius 2 is 2.20 bits per heavy atom. The highest BCUT2D eigenvalue weighted by Gasteiger charge is 2.16. The molecule has 0 radical (unpaired) electrons. The van der Waals surface area contributed by atoms with Gasteiger partial charge in [0.25, 0.3) is 0 Å². The van der Waals surface area contributed by atoms with Crippen LogP contribution < -0.4 is 5.73 Å². The number of carbonyl (C=O) groups is 1. The van der Waals surface area contributed by atoms with Crippen molar-refractivity contribution in [1.29, 1.82) is 0 Å². The number of imidazole rings is 1. The second kappa shape index (κ2) is 5.75. The van der Waals surface area contributed by atoms with Crippen molar-refractivity contribution in [3.8, 4) is 0 Å². The number of aromatic nitrogens is 2. The van der Waals surface area contributed by atoms with Crippen LogP contribution in [0, 0.1) is 0 Å². The first kappa shape index (κ1) is 14.7. The molecule has 0 saturated carbocycles. The van der Waals surface area contributed by atoms with Gasteiger partial charge in [-0.3, -0.25) is 4.79 Å². The molecule has 5 nitrogen and oxygen atoms in total. The second-order valence-electron chi connectivity index (χ2n) is 5.50. The maximum Gasteiger partial charge on any atom is 0.307 e. The number of thioether (sulfide) groups is 1. The van der Waals surface area contributed by atoms with E-state index in [4.69, 9.17) is 10.5 Å². The Morgan fingerprint density at radius 3 is 2.90 bits per heavy atom. The van der Waals surface area contributed by atoms with Crippen molar-refractivity contribution in [2.24, 2.45) is 0 Å². The summed E-state index contributed by atoms with van der Waals surface area (Å²) in [6, 6.07) is 5.54. The van der Waals surface area contributed by atoms with E-state index in [1.807, 2.05) is 39.0 Å². The van der Waals surface area contributed by atoms with E-state index >= 15 is 0 Å². The monoisotopic (exact) mass is 293 g/mol. The van der Waals surface area contributed by atoms with Gasteiger partial charge in [-0.2, -0.15) is 0 Å². The van der Waals surface area contributed by atoms with Gasteiger partial charge in [-0.15, -0.1) is 0 Å². The zero-order chi connectivity index (χ0) is 14.8. The highest BCUT2D eigenvalue weighted by molar-refractivity contribution is 7.99. The van der Waals surface area contributed by atoms with Crippen molar-refractivity contribution in [2.45, 2.75) is 37.9 Å². The van der Waals surface area contributed by atoms with Crippen LogP contribution in [0.15, 0.2) is 23.4 Å². The lowest BCUT2D eigenvalue weighted by Crippen LogP contribution is -2.24. The summed E-state index contributed by atoms with van der Waals surface area (Å²) in [6.07, 6.45) is 0.362. The van der Waals surface area contributed by atoms with Crippen molar-refractivity contribution in [2.75, 3.05) is 11.5 Å². The van der Waals surface area contributed by atoms with E-state index < -0.39 is 5.60 Å². The first-order valence-electron chi connectivity index (χ1n) is 6.43. The van der Waals surface area contributed by atoms with Crippen LogP contribution in [-0.4, -0.2) is 27.3 Å². The number of aromatic amines is 1. The normalized spacial score (nSPS) is 11.8. The zero-order valence-corrected chi connectivity index (χ0v) is 12.7. The molecule has 1 aromatic heterocycles. The van der Waals surface area contributed by atoms with E-state index in [1.54, 1.807) is 0 Å². The van der Waals surface area contributed by atoms with Gasteiger partial charge in [-0.25, -0.2) is 4.98 Å². The molecule has 0 bridgehead atoms. The Balaban J connectivity index is 1.88. The number of nitrogens with zero attached hydrogens (tertiary/aromatic N) is 1. The van der Waals surface area contributed by atoms with Gasteiger partial charge in [0.1, 0.15) is 5.60 Å². The van der Waals surface area contributed by atoms with Gasteiger partial charge in [0.05, 0.1) is 17.5 Å². The molecule has 108 valence electrons. The largest absolute Gasteiger partial charge is 0.460 e. The molecular formula is C14H19N3O2S. The summed E-state index contributed by atoms with van der Waals surface area (Å²) in [5.41, 5.74) is 7.77. The highest BCUT2D eigenvalue weighted by atomic mass is 32.2. The predicted octanol–water partition coefficient (Wildman–Crippen LogP) is 2.97. The maximum absolute atomic E-state index is 11.6. The fourth-order valence-electron chi connectivity index (χ4n) is 1.70. The smallest absolute Gasteiger partial charge is 0.307 e. The van der Waals surface area contributed by atoms with Crippen molar-refractivity contribution < 1.29 is 9.53 Å². The molecule has 0 spiro atoms. The number of anilines is 1. The van der Waals surface area contributed by atoms with E-state index in [1.165, 1.54) is 11.8 Å². The Hall–Kier alpha value is -1.69. The van der Waals surface area contributed by atoms with Crippen molar-refractivity contribution >= 4 is 34.5 Å². The minimum atomic E-state index is -0.432. The SMILES string of the molecule is CC(C)(C)OC(=O)CCSc1nc2ccc(N)cc2[nH]1. The lowest BCUT2D eigenvalue weighted by Gasteiger charge is -2.19. The number of esters is 1. The number of ether oxygens (including phenoxy) is 1. The standard InChI is InChI=1S/C14H19N3O2S/c1-14(2,3)19-12(18)6-7-20-13-16-10-5-4-9(15)8-11(10)17-13/h4-5,8H,6-7,15H2,1-3H3,(H,16,17). The Morgan fingerprint density at radius 1 is 1.45 bits per heavy atom. The molecule has 3 N–H and O–H groups in total. The number of fused-ring (bicyclic) bond motifs is 1. The van der Waals surface area contributed by atoms with E-state index in [9.17, 15) is 4.79 Å². The predicted molar refractivity (Wildman–Crippen MR) is 81.7 cm³/mol. The van der Waals surface area contributed by atoms with E-state index in [2.05, 4.69) is 9.97 Å². The van der Waals surface area contributed by atoms with E-state index in [0.717, 1.165) is 16.2 Å². The lowest BCUT2D eigenvalue weighted by molar-refractivity contribution is -0.154. The molecule has 0 aliphatic carbocycles. The third-order valence-corrected chi connectivity index (χ3v) is 3.32. The lowest BCUT2D eigenvalue weighted by atomic mass is 10.2. The molecule has 0 amide bonds. The van der Waals surface area contributed by atoms with Gasteiger partial charge in [0.2, 0.25) is 0 Å². The van der Waals surface area contributed by atoms with Gasteiger partial charge in [0, 0.05) is 11.4 Å². The molecule has 2 rings (SSSR count). The summed E-state index contributed by atoms with van der Waals surface area (Å²) < 4.78 is 5.25. The Kier molecular flexibility index (Phi) is 4.23. The van der Waals surface area contributed by atoms with Crippen LogP contribution in [0.2, 0.25) is 0 Å². The summed E-state index contributed by atoms with van der Waals surface area (Å²) in [5.74, 6) is 0.440. The zero-order valence-electron chi connectivity index (χ0n) is 11.9. The molecule has 1 heterocycles. The number of nitrogens with one attached hydrogen (secondary N) is 1. The van der Waals surface area contributed by atoms with Crippen LogP contribution >= 0.6 is 11.8 Å². The van der Waals surface area contributed by atoms with Crippen LogP contribution in [0.3, 0.4) is 0 Å². The second-order valence-corrected chi connectivity index (χ2v) is 6.59. The Labute approximate surface area is 122 Å². The number of benzene rings is 1. The summed E-state index contributed by atoms with van der Waals surface area (Å²) in [5, 5.41) is 0.786. The minimum absolute atomic E-state index is 0.189. The minimum Gasteiger partial charge on any atom is -0.460 e. The van der Waals surface area contributed by atoms with Crippen LogP contribution in [0.5, 0.6) is 0 Å². The summed E-state index contributed by atoms with van der Waals surface area (Å²) >= 11 is 1.50. The number of hydrogen-bond donors (Lipinski definition) is 2. The average Bonchev–Trinajstić information content (AvgIpc) is 2.68. The van der Waals surface area contributed by atoms with Crippen molar-refractivity contribution in [3.05, 3.63) is 18.2 Å². The van der Waals surface area contributed by atoms with E-state index in [-0.39, 0.29) is 5.97 Å². The van der Waals surface area contributed by atoms with Gasteiger partial charge < -0.3 is 15.5 Å². The van der Waals surface area contributed by atoms with Gasteiger partial charge >= 0.3 is 5.97 Å². The highest BCUT2D eigenvalue weighted by Crippen LogP contribution is 2.22. The number of rotatable bonds is 4. The van der Waals surface area contributed by atoms with Crippen molar-refractivity contribution in [3.63, 3.8) is 0 Å². The molecule has 0 atom stereocenters. The first-order chi connectivity index (χ1) is 9.33. The molecule has 0 fully saturated rings. The number of nitrogen functional groups attached to an aromatic ring is 1. The number of hydrogen-bond acceptors (Lipinski definition) is 5. The quantitative estimate of drug-likeness (QED) is 0.514. The molecular weight excluding hydrogens is 274 g/mol.